The van der Waals surface area contributed by atoms with Crippen LogP contribution in [0.5, 0.6) is 0 Å². The molecular weight excluding hydrogens is 348 g/mol. The quantitative estimate of drug-likeness (QED) is 0.831. The Bertz CT molecular complexity index is 629. The van der Waals surface area contributed by atoms with Crippen molar-refractivity contribution in [3.8, 4) is 0 Å². The van der Waals surface area contributed by atoms with E-state index < -0.39 is 0 Å². The molecule has 110 valence electrons. The molecule has 5 heteroatoms. The first-order valence-electron chi connectivity index (χ1n) is 6.57. The number of hydrogen-bond donors (Lipinski definition) is 2. The smallest absolute Gasteiger partial charge is 0.221 e. The lowest BCUT2D eigenvalue weighted by molar-refractivity contribution is -0.114. The standard InChI is InChI=1S/C16H17BrN2OS/c1-11(20)19-13-4-6-14(7-5-13)21-16-8-3-12(10-18-2)9-15(16)17/h3-9,18H,10H2,1-2H3,(H,19,20). The van der Waals surface area contributed by atoms with Crippen molar-refractivity contribution in [2.45, 2.75) is 23.3 Å². The van der Waals surface area contributed by atoms with E-state index in [-0.39, 0.29) is 5.91 Å². The van der Waals surface area contributed by atoms with E-state index in [0.717, 1.165) is 21.6 Å². The minimum atomic E-state index is -0.0572. The molecule has 0 fully saturated rings. The molecule has 0 aromatic heterocycles. The molecule has 0 radical (unpaired) electrons. The number of benzene rings is 2. The van der Waals surface area contributed by atoms with Crippen LogP contribution in [0.25, 0.3) is 0 Å². The largest absolute Gasteiger partial charge is 0.326 e. The molecule has 1 amide bonds. The van der Waals surface area contributed by atoms with Crippen LogP contribution in [0.2, 0.25) is 0 Å². The molecule has 0 saturated heterocycles. The highest BCUT2D eigenvalue weighted by Gasteiger charge is 2.04. The van der Waals surface area contributed by atoms with Crippen molar-refractivity contribution in [2.24, 2.45) is 0 Å². The Labute approximate surface area is 137 Å². The van der Waals surface area contributed by atoms with Crippen LogP contribution in [-0.4, -0.2) is 13.0 Å². The molecule has 2 rings (SSSR count). The van der Waals surface area contributed by atoms with Crippen molar-refractivity contribution < 1.29 is 4.79 Å². The summed E-state index contributed by atoms with van der Waals surface area (Å²) >= 11 is 5.30. The zero-order valence-corrected chi connectivity index (χ0v) is 14.3. The average Bonchev–Trinajstić information content (AvgIpc) is 2.44. The van der Waals surface area contributed by atoms with Gasteiger partial charge in [-0.25, -0.2) is 0 Å². The number of carbonyl (C=O) groups excluding carboxylic acids is 1. The first-order chi connectivity index (χ1) is 10.1. The Morgan fingerprint density at radius 2 is 1.90 bits per heavy atom. The molecule has 0 atom stereocenters. The van der Waals surface area contributed by atoms with Crippen LogP contribution in [-0.2, 0) is 11.3 Å². The van der Waals surface area contributed by atoms with Gasteiger partial charge in [-0.2, -0.15) is 0 Å². The maximum absolute atomic E-state index is 11.0. The van der Waals surface area contributed by atoms with Crippen LogP contribution in [0.15, 0.2) is 56.7 Å². The van der Waals surface area contributed by atoms with Crippen LogP contribution in [0.3, 0.4) is 0 Å². The molecule has 2 N–H and O–H groups in total. The molecule has 0 bridgehead atoms. The third-order valence-electron chi connectivity index (χ3n) is 2.78. The van der Waals surface area contributed by atoms with Gasteiger partial charge in [0.2, 0.25) is 5.91 Å². The molecule has 0 aliphatic heterocycles. The van der Waals surface area contributed by atoms with Crippen molar-refractivity contribution in [2.75, 3.05) is 12.4 Å². The van der Waals surface area contributed by atoms with Crippen LogP contribution in [0, 0.1) is 0 Å². The van der Waals surface area contributed by atoms with E-state index in [1.54, 1.807) is 11.8 Å². The summed E-state index contributed by atoms with van der Waals surface area (Å²) < 4.78 is 1.09. The first kappa shape index (κ1) is 16.1. The molecule has 3 nitrogen and oxygen atoms in total. The lowest BCUT2D eigenvalue weighted by atomic mass is 10.2. The third-order valence-corrected chi connectivity index (χ3v) is 4.78. The summed E-state index contributed by atoms with van der Waals surface area (Å²) in [5.74, 6) is -0.0572. The summed E-state index contributed by atoms with van der Waals surface area (Å²) in [6, 6.07) is 14.2. The summed E-state index contributed by atoms with van der Waals surface area (Å²) in [4.78, 5) is 13.3. The number of halogens is 1. The molecule has 0 aliphatic carbocycles. The summed E-state index contributed by atoms with van der Waals surface area (Å²) in [6.45, 7) is 2.36. The lowest BCUT2D eigenvalue weighted by Crippen LogP contribution is -2.05. The number of anilines is 1. The van der Waals surface area contributed by atoms with Crippen LogP contribution < -0.4 is 10.6 Å². The second-order valence-electron chi connectivity index (χ2n) is 4.60. The van der Waals surface area contributed by atoms with Crippen molar-refractivity contribution >= 4 is 39.3 Å². The minimum absolute atomic E-state index is 0.0572. The minimum Gasteiger partial charge on any atom is -0.326 e. The number of nitrogens with one attached hydrogen (secondary N) is 2. The number of amides is 1. The van der Waals surface area contributed by atoms with Gasteiger partial charge in [0.15, 0.2) is 0 Å². The Kier molecular flexibility index (Phi) is 5.85. The molecule has 21 heavy (non-hydrogen) atoms. The summed E-state index contributed by atoms with van der Waals surface area (Å²) in [6.07, 6.45) is 0. The molecule has 2 aromatic carbocycles. The number of hydrogen-bond acceptors (Lipinski definition) is 3. The van der Waals surface area contributed by atoms with Gasteiger partial charge in [-0.3, -0.25) is 4.79 Å². The Hall–Kier alpha value is -1.30. The van der Waals surface area contributed by atoms with Gasteiger partial charge < -0.3 is 10.6 Å². The van der Waals surface area contributed by atoms with E-state index in [9.17, 15) is 4.79 Å². The van der Waals surface area contributed by atoms with Gasteiger partial charge in [0, 0.05) is 33.4 Å². The van der Waals surface area contributed by atoms with Gasteiger partial charge in [0.05, 0.1) is 0 Å². The van der Waals surface area contributed by atoms with E-state index in [1.165, 1.54) is 17.4 Å². The maximum Gasteiger partial charge on any atom is 0.221 e. The lowest BCUT2D eigenvalue weighted by Gasteiger charge is -2.08. The topological polar surface area (TPSA) is 41.1 Å². The van der Waals surface area contributed by atoms with Crippen LogP contribution >= 0.6 is 27.7 Å². The van der Waals surface area contributed by atoms with Gasteiger partial charge in [-0.15, -0.1) is 0 Å². The predicted molar refractivity (Wildman–Crippen MR) is 91.8 cm³/mol. The fraction of sp³-hybridized carbons (Fsp3) is 0.188. The van der Waals surface area contributed by atoms with Crippen molar-refractivity contribution in [1.29, 1.82) is 0 Å². The van der Waals surface area contributed by atoms with E-state index in [2.05, 4.69) is 44.8 Å². The highest BCUT2D eigenvalue weighted by Crippen LogP contribution is 2.34. The van der Waals surface area contributed by atoms with Gasteiger partial charge in [0.25, 0.3) is 0 Å². The second kappa shape index (κ2) is 7.64. The van der Waals surface area contributed by atoms with Gasteiger partial charge in [0.1, 0.15) is 0 Å². The highest BCUT2D eigenvalue weighted by molar-refractivity contribution is 9.10. The van der Waals surface area contributed by atoms with Crippen LogP contribution in [0.1, 0.15) is 12.5 Å². The van der Waals surface area contributed by atoms with Crippen molar-refractivity contribution in [3.63, 3.8) is 0 Å². The van der Waals surface area contributed by atoms with Gasteiger partial charge >= 0.3 is 0 Å². The molecule has 0 unspecified atom stereocenters. The molecule has 2 aromatic rings. The molecule has 0 spiro atoms. The van der Waals surface area contributed by atoms with Crippen molar-refractivity contribution in [3.05, 3.63) is 52.5 Å². The fourth-order valence-electron chi connectivity index (χ4n) is 1.88. The van der Waals surface area contributed by atoms with Crippen LogP contribution in [0.4, 0.5) is 5.69 Å². The highest BCUT2D eigenvalue weighted by atomic mass is 79.9. The summed E-state index contributed by atoms with van der Waals surface area (Å²) in [7, 11) is 1.94. The van der Waals surface area contributed by atoms with E-state index in [0.29, 0.717) is 0 Å². The molecule has 0 saturated carbocycles. The van der Waals surface area contributed by atoms with E-state index >= 15 is 0 Å². The Morgan fingerprint density at radius 1 is 1.19 bits per heavy atom. The Balaban J connectivity index is 2.09. The fourth-order valence-corrected chi connectivity index (χ4v) is 3.37. The zero-order valence-electron chi connectivity index (χ0n) is 11.9. The number of carbonyl (C=O) groups is 1. The maximum atomic E-state index is 11.0. The molecule has 0 heterocycles. The average molecular weight is 365 g/mol. The predicted octanol–water partition coefficient (Wildman–Crippen LogP) is 4.28. The van der Waals surface area contributed by atoms with Crippen molar-refractivity contribution in [1.82, 2.24) is 5.32 Å². The normalized spacial score (nSPS) is 10.4. The second-order valence-corrected chi connectivity index (χ2v) is 6.57. The SMILES string of the molecule is CNCc1ccc(Sc2ccc(NC(C)=O)cc2)c(Br)c1. The first-order valence-corrected chi connectivity index (χ1v) is 8.18. The summed E-state index contributed by atoms with van der Waals surface area (Å²) in [5.41, 5.74) is 2.06. The third kappa shape index (κ3) is 4.88. The van der Waals surface area contributed by atoms with Gasteiger partial charge in [-0.1, -0.05) is 17.8 Å². The Morgan fingerprint density at radius 3 is 2.48 bits per heavy atom. The number of rotatable bonds is 5. The van der Waals surface area contributed by atoms with E-state index in [1.807, 2.05) is 31.3 Å². The summed E-state index contributed by atoms with van der Waals surface area (Å²) in [5, 5.41) is 5.90. The monoisotopic (exact) mass is 364 g/mol. The van der Waals surface area contributed by atoms with E-state index in [4.69, 9.17) is 0 Å². The van der Waals surface area contributed by atoms with Gasteiger partial charge in [-0.05, 0) is 64.9 Å². The zero-order chi connectivity index (χ0) is 15.2. The molecular formula is C16H17BrN2OS. The molecule has 0 aliphatic rings.